The lowest BCUT2D eigenvalue weighted by molar-refractivity contribution is 0.0520. The highest BCUT2D eigenvalue weighted by atomic mass is 16.5. The van der Waals surface area contributed by atoms with Crippen molar-refractivity contribution in [2.24, 2.45) is 0 Å². The third-order valence-corrected chi connectivity index (χ3v) is 3.77. The second-order valence-electron chi connectivity index (χ2n) is 5.36. The van der Waals surface area contributed by atoms with Gasteiger partial charge in [-0.3, -0.25) is 5.32 Å². The quantitative estimate of drug-likeness (QED) is 0.628. The van der Waals surface area contributed by atoms with Crippen molar-refractivity contribution in [3.8, 4) is 5.69 Å². The summed E-state index contributed by atoms with van der Waals surface area (Å²) >= 11 is 0. The zero-order chi connectivity index (χ0) is 16.2. The van der Waals surface area contributed by atoms with Gasteiger partial charge in [-0.2, -0.15) is 4.68 Å². The van der Waals surface area contributed by atoms with Crippen LogP contribution in [0.5, 0.6) is 0 Å². The predicted octanol–water partition coefficient (Wildman–Crippen LogP) is 2.26. The molecule has 0 fully saturated rings. The van der Waals surface area contributed by atoms with E-state index in [0.717, 1.165) is 30.6 Å². The first-order valence-corrected chi connectivity index (χ1v) is 7.98. The van der Waals surface area contributed by atoms with Gasteiger partial charge in [-0.1, -0.05) is 36.8 Å². The lowest BCUT2D eigenvalue weighted by Crippen LogP contribution is -2.34. The van der Waals surface area contributed by atoms with Gasteiger partial charge in [-0.25, -0.2) is 4.79 Å². The van der Waals surface area contributed by atoms with Crippen molar-refractivity contribution in [3.05, 3.63) is 35.5 Å². The van der Waals surface area contributed by atoms with Crippen LogP contribution in [0.3, 0.4) is 0 Å². The van der Waals surface area contributed by atoms with E-state index in [2.05, 4.69) is 27.9 Å². The molecule has 23 heavy (non-hydrogen) atoms. The highest BCUT2D eigenvalue weighted by molar-refractivity contribution is 5.93. The summed E-state index contributed by atoms with van der Waals surface area (Å²) in [6, 6.07) is 7.95. The van der Waals surface area contributed by atoms with Crippen LogP contribution in [0.2, 0.25) is 0 Å². The van der Waals surface area contributed by atoms with Gasteiger partial charge in [0, 0.05) is 5.56 Å². The number of rotatable bonds is 6. The summed E-state index contributed by atoms with van der Waals surface area (Å²) < 4.78 is 6.71. The van der Waals surface area contributed by atoms with Gasteiger partial charge in [0.05, 0.1) is 12.3 Å². The average molecular weight is 315 g/mol. The molecule has 0 amide bonds. The Bertz CT molecular complexity index is 698. The van der Waals surface area contributed by atoms with E-state index in [1.165, 1.54) is 0 Å². The number of aromatic nitrogens is 3. The molecule has 1 aliphatic rings. The molecule has 1 aromatic carbocycles. The molecule has 1 aromatic heterocycles. The molecular formula is C16H21N5O2. The molecule has 2 heterocycles. The van der Waals surface area contributed by atoms with Crippen LogP contribution in [-0.4, -0.2) is 34.1 Å². The Balaban J connectivity index is 1.96. The summed E-state index contributed by atoms with van der Waals surface area (Å²) in [6.45, 7) is 5.12. The van der Waals surface area contributed by atoms with Gasteiger partial charge in [0.1, 0.15) is 6.17 Å². The van der Waals surface area contributed by atoms with Gasteiger partial charge in [0.2, 0.25) is 5.69 Å². The Labute approximate surface area is 135 Å². The fourth-order valence-corrected chi connectivity index (χ4v) is 2.64. The first kappa shape index (κ1) is 15.5. The number of fused-ring (bicyclic) bond motifs is 3. The Morgan fingerprint density at radius 1 is 1.39 bits per heavy atom. The molecule has 7 heteroatoms. The third-order valence-electron chi connectivity index (χ3n) is 3.77. The average Bonchev–Trinajstić information content (AvgIpc) is 2.99. The topological polar surface area (TPSA) is 81.1 Å². The van der Waals surface area contributed by atoms with Crippen LogP contribution in [0.4, 0.5) is 5.82 Å². The number of nitrogens with one attached hydrogen (secondary N) is 2. The van der Waals surface area contributed by atoms with E-state index in [0.29, 0.717) is 12.4 Å². The van der Waals surface area contributed by atoms with E-state index >= 15 is 0 Å². The molecule has 1 atom stereocenters. The molecule has 0 saturated carbocycles. The fraction of sp³-hybridized carbons (Fsp3) is 0.438. The maximum absolute atomic E-state index is 12.1. The van der Waals surface area contributed by atoms with Gasteiger partial charge >= 0.3 is 5.97 Å². The van der Waals surface area contributed by atoms with Gasteiger partial charge in [-0.15, -0.1) is 5.10 Å². The maximum Gasteiger partial charge on any atom is 0.362 e. The monoisotopic (exact) mass is 315 g/mol. The number of carbonyl (C=O) groups is 1. The number of ether oxygens (including phenoxy) is 1. The molecule has 2 aromatic rings. The van der Waals surface area contributed by atoms with Crippen LogP contribution < -0.4 is 10.6 Å². The van der Waals surface area contributed by atoms with Crippen molar-refractivity contribution >= 4 is 11.8 Å². The molecule has 2 N–H and O–H groups in total. The van der Waals surface area contributed by atoms with Crippen LogP contribution in [0.25, 0.3) is 5.69 Å². The molecule has 1 unspecified atom stereocenters. The minimum absolute atomic E-state index is 0.0862. The number of hydrogen-bond acceptors (Lipinski definition) is 6. The number of anilines is 1. The van der Waals surface area contributed by atoms with E-state index in [4.69, 9.17) is 4.74 Å². The molecule has 0 bridgehead atoms. The molecule has 7 nitrogen and oxygen atoms in total. The largest absolute Gasteiger partial charge is 0.461 e. The van der Waals surface area contributed by atoms with Crippen LogP contribution in [0, 0.1) is 0 Å². The van der Waals surface area contributed by atoms with Crippen LogP contribution >= 0.6 is 0 Å². The van der Waals surface area contributed by atoms with Crippen LogP contribution in [0.15, 0.2) is 24.3 Å². The molecule has 3 rings (SSSR count). The van der Waals surface area contributed by atoms with E-state index < -0.39 is 5.97 Å². The first-order chi connectivity index (χ1) is 11.3. The SMILES string of the molecule is CCCCNC1Nc2c(C(=O)OCC)nnn2-c2ccccc21. The van der Waals surface area contributed by atoms with E-state index in [1.807, 2.05) is 24.3 Å². The first-order valence-electron chi connectivity index (χ1n) is 7.98. The number of nitrogens with zero attached hydrogens (tertiary/aromatic N) is 3. The molecule has 0 aliphatic carbocycles. The molecule has 0 spiro atoms. The second kappa shape index (κ2) is 6.78. The van der Waals surface area contributed by atoms with Gasteiger partial charge in [0.15, 0.2) is 5.82 Å². The zero-order valence-electron chi connectivity index (χ0n) is 13.4. The van der Waals surface area contributed by atoms with Crippen molar-refractivity contribution in [2.75, 3.05) is 18.5 Å². The Kier molecular flexibility index (Phi) is 4.57. The maximum atomic E-state index is 12.1. The summed E-state index contributed by atoms with van der Waals surface area (Å²) in [5.41, 5.74) is 2.21. The number of hydrogen-bond donors (Lipinski definition) is 2. The van der Waals surface area contributed by atoms with Gasteiger partial charge in [-0.05, 0) is 26.0 Å². The third kappa shape index (κ3) is 2.92. The number of esters is 1. The number of benzene rings is 1. The summed E-state index contributed by atoms with van der Waals surface area (Å²) in [4.78, 5) is 12.1. The van der Waals surface area contributed by atoms with Gasteiger partial charge < -0.3 is 10.1 Å². The number of unbranched alkanes of at least 4 members (excludes halogenated alkanes) is 1. The summed E-state index contributed by atoms with van der Waals surface area (Å²) in [7, 11) is 0. The molecule has 122 valence electrons. The van der Waals surface area contributed by atoms with Crippen molar-refractivity contribution in [3.63, 3.8) is 0 Å². The predicted molar refractivity (Wildman–Crippen MR) is 86.6 cm³/mol. The Morgan fingerprint density at radius 3 is 3.00 bits per heavy atom. The summed E-state index contributed by atoms with van der Waals surface area (Å²) in [6.07, 6.45) is 2.12. The minimum Gasteiger partial charge on any atom is -0.461 e. The van der Waals surface area contributed by atoms with Crippen molar-refractivity contribution in [1.82, 2.24) is 20.3 Å². The van der Waals surface area contributed by atoms with Crippen molar-refractivity contribution in [1.29, 1.82) is 0 Å². The van der Waals surface area contributed by atoms with E-state index in [-0.39, 0.29) is 11.9 Å². The van der Waals surface area contributed by atoms with E-state index in [1.54, 1.807) is 11.6 Å². The number of para-hydroxylation sites is 1. The van der Waals surface area contributed by atoms with Crippen molar-refractivity contribution in [2.45, 2.75) is 32.9 Å². The lowest BCUT2D eigenvalue weighted by atomic mass is 10.1. The van der Waals surface area contributed by atoms with E-state index in [9.17, 15) is 4.79 Å². The Morgan fingerprint density at radius 2 is 2.22 bits per heavy atom. The van der Waals surface area contributed by atoms with Crippen LogP contribution in [0.1, 0.15) is 48.9 Å². The minimum atomic E-state index is -0.465. The lowest BCUT2D eigenvalue weighted by Gasteiger charge is -2.28. The zero-order valence-corrected chi connectivity index (χ0v) is 13.4. The molecule has 0 saturated heterocycles. The summed E-state index contributed by atoms with van der Waals surface area (Å²) in [5.74, 6) is 0.101. The Hall–Kier alpha value is -2.41. The fourth-order valence-electron chi connectivity index (χ4n) is 2.64. The van der Waals surface area contributed by atoms with Crippen molar-refractivity contribution < 1.29 is 9.53 Å². The molecule has 0 radical (unpaired) electrons. The normalized spacial score (nSPS) is 15.5. The highest BCUT2D eigenvalue weighted by Crippen LogP contribution is 2.32. The molecule has 1 aliphatic heterocycles. The summed E-state index contributed by atoms with van der Waals surface area (Å²) in [5, 5.41) is 14.9. The standard InChI is InChI=1S/C16H21N5O2/c1-3-5-10-17-14-11-8-6-7-9-12(11)21-15(18-14)13(19-20-21)16(22)23-4-2/h6-9,14,17-18H,3-5,10H2,1-2H3. The van der Waals surface area contributed by atoms with Gasteiger partial charge in [0.25, 0.3) is 0 Å². The highest BCUT2D eigenvalue weighted by Gasteiger charge is 2.30. The smallest absolute Gasteiger partial charge is 0.362 e. The number of carbonyl (C=O) groups excluding carboxylic acids is 1. The van der Waals surface area contributed by atoms with Crippen LogP contribution in [-0.2, 0) is 4.74 Å². The molecular weight excluding hydrogens is 294 g/mol. The second-order valence-corrected chi connectivity index (χ2v) is 5.36.